The largest absolute Gasteiger partial charge is 0.480 e. The number of hydrogen-bond acceptors (Lipinski definition) is 17. The second kappa shape index (κ2) is 26.8. The van der Waals surface area contributed by atoms with Gasteiger partial charge in [0, 0.05) is 87.1 Å². The van der Waals surface area contributed by atoms with Crippen LogP contribution in [0.1, 0.15) is 73.7 Å². The van der Waals surface area contributed by atoms with Crippen LogP contribution in [0.2, 0.25) is 0 Å². The molecule has 2 fully saturated rings. The number of nitrogens with two attached hydrogens (primary N) is 1. The Balaban J connectivity index is 0.881. The summed E-state index contributed by atoms with van der Waals surface area (Å²) < 4.78 is 23.7. The molecule has 5 N–H and O–H groups in total. The van der Waals surface area contributed by atoms with Crippen LogP contribution in [0.4, 0.5) is 5.82 Å². The number of nitrogens with one attached hydrogen (secondary N) is 2. The average molecular weight is 1080 g/mol. The van der Waals surface area contributed by atoms with E-state index in [2.05, 4.69) is 51.5 Å². The normalized spacial score (nSPS) is 17.4. The maximum Gasteiger partial charge on any atom is 0.320 e. The fourth-order valence-corrected chi connectivity index (χ4v) is 9.16. The third-order valence-electron chi connectivity index (χ3n) is 12.6. The number of carboxylic acids is 1. The van der Waals surface area contributed by atoms with Gasteiger partial charge < -0.3 is 50.2 Å². The van der Waals surface area contributed by atoms with Crippen LogP contribution in [0.15, 0.2) is 47.3 Å². The third kappa shape index (κ3) is 16.3. The summed E-state index contributed by atoms with van der Waals surface area (Å²) in [5.74, 6) is -1.58. The highest BCUT2D eigenvalue weighted by Gasteiger charge is 2.67. The Bertz CT molecular complexity index is 2610. The molecule has 1 saturated heterocycles. The Kier molecular flexibility index (Phi) is 20.7. The number of piperidine rings is 1. The zero-order valence-corrected chi connectivity index (χ0v) is 43.3. The van der Waals surface area contributed by atoms with Crippen LogP contribution in [-0.4, -0.2) is 179 Å². The number of carbonyl (C=O) groups is 7. The van der Waals surface area contributed by atoms with Crippen molar-refractivity contribution in [3.05, 3.63) is 64.4 Å². The molecule has 1 aliphatic heterocycles. The smallest absolute Gasteiger partial charge is 0.320 e. The number of halogens is 1. The average Bonchev–Trinajstić information content (AvgIpc) is 3.75. The number of carbonyl (C=O) groups excluding carboxylic acids is 6. The molecule has 1 saturated carbocycles. The summed E-state index contributed by atoms with van der Waals surface area (Å²) >= 11 is 3.38. The van der Waals surface area contributed by atoms with Crippen LogP contribution >= 0.6 is 15.9 Å². The Hall–Kier alpha value is -5.95. The summed E-state index contributed by atoms with van der Waals surface area (Å²) in [6.45, 7) is 5.30. The number of amides is 3. The van der Waals surface area contributed by atoms with Crippen molar-refractivity contribution in [3.8, 4) is 11.1 Å². The summed E-state index contributed by atoms with van der Waals surface area (Å²) in [6.07, 6.45) is 6.06. The zero-order valence-electron chi connectivity index (χ0n) is 41.7. The molecule has 0 spiro atoms. The minimum atomic E-state index is -1.13. The highest BCUT2D eigenvalue weighted by molar-refractivity contribution is 9.10. The van der Waals surface area contributed by atoms with E-state index in [0.29, 0.717) is 58.6 Å². The minimum absolute atomic E-state index is 0.0706. The van der Waals surface area contributed by atoms with Crippen LogP contribution < -0.4 is 16.4 Å². The predicted molar refractivity (Wildman–Crippen MR) is 269 cm³/mol. The lowest BCUT2D eigenvalue weighted by molar-refractivity contribution is -0.139. The first-order chi connectivity index (χ1) is 34.9. The molecule has 22 nitrogen and oxygen atoms in total. The third-order valence-corrected chi connectivity index (χ3v) is 13.0. The Morgan fingerprint density at radius 2 is 1.60 bits per heavy atom. The second-order valence-electron chi connectivity index (χ2n) is 18.7. The minimum Gasteiger partial charge on any atom is -0.480 e. The molecule has 4 heterocycles. The molecule has 73 heavy (non-hydrogen) atoms. The van der Waals surface area contributed by atoms with Gasteiger partial charge in [0.05, 0.1) is 38.6 Å². The van der Waals surface area contributed by atoms with E-state index >= 15 is 0 Å². The molecule has 0 bridgehead atoms. The van der Waals surface area contributed by atoms with Gasteiger partial charge in [0.25, 0.3) is 0 Å². The van der Waals surface area contributed by atoms with Crippen LogP contribution in [0.25, 0.3) is 22.0 Å². The van der Waals surface area contributed by atoms with E-state index in [-0.39, 0.29) is 137 Å². The number of carboxylic acid groups (broad SMARTS) is 1. The molecule has 1 aromatic carbocycles. The fourth-order valence-electron chi connectivity index (χ4n) is 8.85. The fraction of sp³-hybridized carbons (Fsp3) is 0.540. The number of rotatable bonds is 32. The summed E-state index contributed by atoms with van der Waals surface area (Å²) in [5.41, 5.74) is 8.21. The Morgan fingerprint density at radius 1 is 0.890 bits per heavy atom. The van der Waals surface area contributed by atoms with Crippen LogP contribution in [-0.2, 0) is 60.7 Å². The van der Waals surface area contributed by atoms with Crippen molar-refractivity contribution in [1.29, 1.82) is 0 Å². The molecular formula is C50H65BrN10O12. The van der Waals surface area contributed by atoms with Gasteiger partial charge in [-0.25, -0.2) is 15.0 Å². The van der Waals surface area contributed by atoms with Gasteiger partial charge >= 0.3 is 5.97 Å². The van der Waals surface area contributed by atoms with Crippen molar-refractivity contribution < 1.29 is 57.6 Å². The number of aromatic nitrogens is 5. The number of likely N-dealkylation sites (tertiary alicyclic amines) is 1. The number of ether oxygens (including phenoxy) is 4. The van der Waals surface area contributed by atoms with E-state index in [4.69, 9.17) is 29.8 Å². The van der Waals surface area contributed by atoms with E-state index in [1.807, 2.05) is 39.2 Å². The first kappa shape index (κ1) is 56.3. The first-order valence-corrected chi connectivity index (χ1v) is 25.1. The van der Waals surface area contributed by atoms with Gasteiger partial charge in [0.1, 0.15) is 59.6 Å². The maximum atomic E-state index is 14.3. The lowest BCUT2D eigenvalue weighted by Gasteiger charge is -2.27. The Morgan fingerprint density at radius 3 is 2.32 bits per heavy atom. The molecule has 23 heteroatoms. The van der Waals surface area contributed by atoms with E-state index in [0.717, 1.165) is 24.1 Å². The molecule has 4 aromatic rings. The molecule has 1 aliphatic carbocycles. The summed E-state index contributed by atoms with van der Waals surface area (Å²) in [6, 6.07) is 7.27. The van der Waals surface area contributed by atoms with Crippen molar-refractivity contribution in [1.82, 2.24) is 39.8 Å². The van der Waals surface area contributed by atoms with Gasteiger partial charge in [-0.2, -0.15) is 5.10 Å². The predicted octanol–water partition coefficient (Wildman–Crippen LogP) is 2.95. The van der Waals surface area contributed by atoms with Crippen LogP contribution in [0.5, 0.6) is 0 Å². The van der Waals surface area contributed by atoms with Gasteiger partial charge in [0.15, 0.2) is 11.6 Å². The molecule has 3 aromatic heterocycles. The molecule has 0 radical (unpaired) electrons. The number of nitrogens with zero attached hydrogens (tertiary/aromatic N) is 7. The molecular weight excluding hydrogens is 1010 g/mol. The Labute approximate surface area is 431 Å². The highest BCUT2D eigenvalue weighted by Crippen LogP contribution is 2.60. The van der Waals surface area contributed by atoms with Crippen molar-refractivity contribution in [2.24, 2.45) is 11.1 Å². The highest BCUT2D eigenvalue weighted by atomic mass is 79.9. The number of ketones is 3. The lowest BCUT2D eigenvalue weighted by atomic mass is 9.98. The summed E-state index contributed by atoms with van der Waals surface area (Å²) in [5, 5.41) is 19.6. The molecule has 4 atom stereocenters. The van der Waals surface area contributed by atoms with E-state index in [9.17, 15) is 33.6 Å². The topological polar surface area (TPSA) is 290 Å². The number of anilines is 1. The molecule has 394 valence electrons. The number of aryl methyl sites for hydroxylation is 2. The number of pyridine rings is 1. The number of hydrogen-bond donors (Lipinski definition) is 4. The number of fused-ring (bicyclic) bond motifs is 2. The van der Waals surface area contributed by atoms with Gasteiger partial charge in [-0.3, -0.25) is 38.2 Å². The maximum absolute atomic E-state index is 14.3. The monoisotopic (exact) mass is 1080 g/mol. The lowest BCUT2D eigenvalue weighted by Crippen LogP contribution is -2.47. The van der Waals surface area contributed by atoms with Crippen molar-refractivity contribution in [2.75, 3.05) is 85.4 Å². The standard InChI is InChI=1S/C50H65BrN10O12/c1-31-7-13-42(51)56-47(31)57-48(67)40-23-50(30-59(3)4)24-41(50)61(40)45(66)27-60-39-12-8-33(22-37(39)46(58-60)32(2)62)34-25-54-43(55-26-34)14-10-36(64)28-72-20-19-71-17-15-53-44(65)29-73-21-18-70-16-5-6-35(63)9-11-38(52)49(68)69/h7-8,12-13,22,25-26,38,40-41H,5-6,9-11,14-21,23-24,27-30,52H2,1-4H3,(H,53,65)(H,68,69)(H,56,57,67)/t38-,40-,41+,50-/m0/s1. The van der Waals surface area contributed by atoms with E-state index < -0.39 is 18.1 Å². The SMILES string of the molecule is CC(=O)c1nn(CC(=O)N2[C@H](C(=O)Nc3nc(Br)ccc3C)C[C@@]3(CN(C)C)C[C@@H]23)c2ccc(-c3cnc(CCC(=O)COCCOCCNC(=O)COCCOCCCC(=O)CC[C@H](N)C(=O)O)nc3)cc12. The van der Waals surface area contributed by atoms with Gasteiger partial charge in [-0.15, -0.1) is 0 Å². The quantitative estimate of drug-likeness (QED) is 0.0311. The number of aliphatic carboxylic acids is 1. The number of Topliss-reactive ketones (excluding diaryl/α,β-unsaturated/α-hetero) is 3. The number of benzene rings is 1. The van der Waals surface area contributed by atoms with Gasteiger partial charge in [0.2, 0.25) is 17.7 Å². The van der Waals surface area contributed by atoms with Crippen molar-refractivity contribution in [2.45, 2.75) is 89.9 Å². The second-order valence-corrected chi connectivity index (χ2v) is 19.5. The molecule has 6 rings (SSSR count). The van der Waals surface area contributed by atoms with Crippen LogP contribution in [0.3, 0.4) is 0 Å². The molecule has 2 aliphatic rings. The molecule has 3 amide bonds. The first-order valence-electron chi connectivity index (χ1n) is 24.3. The summed E-state index contributed by atoms with van der Waals surface area (Å²) in [4.78, 5) is 105. The van der Waals surface area contributed by atoms with E-state index in [1.54, 1.807) is 29.4 Å². The van der Waals surface area contributed by atoms with Crippen LogP contribution in [0, 0.1) is 12.3 Å². The summed E-state index contributed by atoms with van der Waals surface area (Å²) in [7, 11) is 3.97. The molecule has 0 unspecified atom stereocenters. The van der Waals surface area contributed by atoms with E-state index in [1.165, 1.54) is 11.6 Å². The van der Waals surface area contributed by atoms with Gasteiger partial charge in [-0.1, -0.05) is 12.1 Å². The van der Waals surface area contributed by atoms with Gasteiger partial charge in [-0.05, 0) is 92.0 Å². The van der Waals surface area contributed by atoms with Crippen molar-refractivity contribution in [3.63, 3.8) is 0 Å². The van der Waals surface area contributed by atoms with Crippen molar-refractivity contribution >= 4 is 73.7 Å². The zero-order chi connectivity index (χ0) is 52.7.